The standard InChI is InChI=1S/C54H100NO8P/c1-6-8-10-12-14-16-18-20-22-24-26-27-29-30-32-34-36-38-40-42-44-46-53(56)60-50-52(51-62-64(58,59)61-49-48-55(3,4)5)63-54(57)47-45-43-41-39-37-35-33-31-28-25-23-21-19-17-15-13-11-9-7-2/h15,17,21,23-24,26,28,31,52H,6-14,16,18-20,22,25,27,29-30,32-51H2,1-5H3/p+1/b17-15-,23-21-,26-24-,31-28-. The van der Waals surface area contributed by atoms with Crippen LogP contribution in [0.1, 0.15) is 232 Å². The summed E-state index contributed by atoms with van der Waals surface area (Å²) in [6, 6.07) is 0. The Morgan fingerprint density at radius 2 is 0.844 bits per heavy atom. The molecular formula is C54H101NO8P+. The summed E-state index contributed by atoms with van der Waals surface area (Å²) in [4.78, 5) is 35.6. The van der Waals surface area contributed by atoms with Crippen molar-refractivity contribution in [2.24, 2.45) is 0 Å². The molecule has 0 aliphatic heterocycles. The van der Waals surface area contributed by atoms with Crippen LogP contribution < -0.4 is 0 Å². The van der Waals surface area contributed by atoms with Crippen LogP contribution in [0.2, 0.25) is 0 Å². The third kappa shape index (κ3) is 49.4. The minimum absolute atomic E-state index is 0.0277. The number of carbonyl (C=O) groups excluding carboxylic acids is 2. The number of rotatable bonds is 48. The molecule has 0 heterocycles. The maximum absolute atomic E-state index is 12.8. The molecule has 2 atom stereocenters. The van der Waals surface area contributed by atoms with E-state index in [0.717, 1.165) is 70.6 Å². The zero-order valence-electron chi connectivity index (χ0n) is 42.3. The molecule has 374 valence electrons. The van der Waals surface area contributed by atoms with Crippen LogP contribution in [0.4, 0.5) is 0 Å². The van der Waals surface area contributed by atoms with Gasteiger partial charge in [0.15, 0.2) is 6.10 Å². The molecule has 0 aromatic rings. The first-order valence-electron chi connectivity index (χ1n) is 26.4. The van der Waals surface area contributed by atoms with Crippen molar-refractivity contribution in [2.75, 3.05) is 47.5 Å². The number of allylic oxidation sites excluding steroid dienone is 8. The predicted molar refractivity (Wildman–Crippen MR) is 270 cm³/mol. The van der Waals surface area contributed by atoms with Crippen molar-refractivity contribution in [3.8, 4) is 0 Å². The van der Waals surface area contributed by atoms with Gasteiger partial charge in [-0.2, -0.15) is 0 Å². The van der Waals surface area contributed by atoms with Crippen LogP contribution in [0.15, 0.2) is 48.6 Å². The second-order valence-corrected chi connectivity index (χ2v) is 20.4. The summed E-state index contributed by atoms with van der Waals surface area (Å²) in [5.74, 6) is -0.810. The number of unbranched alkanes of at least 4 members (excludes halogenated alkanes) is 26. The Balaban J connectivity index is 4.26. The molecule has 1 N–H and O–H groups in total. The van der Waals surface area contributed by atoms with Gasteiger partial charge in [0.05, 0.1) is 27.7 Å². The Labute approximate surface area is 394 Å². The Bertz CT molecular complexity index is 1230. The molecular weight excluding hydrogens is 822 g/mol. The van der Waals surface area contributed by atoms with Gasteiger partial charge in [-0.25, -0.2) is 4.57 Å². The fourth-order valence-corrected chi connectivity index (χ4v) is 7.93. The van der Waals surface area contributed by atoms with E-state index in [2.05, 4.69) is 62.5 Å². The molecule has 0 aromatic heterocycles. The molecule has 0 fully saturated rings. The van der Waals surface area contributed by atoms with E-state index in [1.165, 1.54) is 128 Å². The smallest absolute Gasteiger partial charge is 0.462 e. The zero-order chi connectivity index (χ0) is 47.1. The lowest BCUT2D eigenvalue weighted by Gasteiger charge is -2.24. The molecule has 0 saturated heterocycles. The highest BCUT2D eigenvalue weighted by molar-refractivity contribution is 7.47. The van der Waals surface area contributed by atoms with Crippen LogP contribution in [0, 0.1) is 0 Å². The van der Waals surface area contributed by atoms with E-state index in [1.54, 1.807) is 0 Å². The third-order valence-corrected chi connectivity index (χ3v) is 12.3. The first-order chi connectivity index (χ1) is 31.0. The minimum Gasteiger partial charge on any atom is -0.462 e. The molecule has 64 heavy (non-hydrogen) atoms. The molecule has 0 rings (SSSR count). The van der Waals surface area contributed by atoms with Gasteiger partial charge in [0.1, 0.15) is 19.8 Å². The predicted octanol–water partition coefficient (Wildman–Crippen LogP) is 15.8. The summed E-state index contributed by atoms with van der Waals surface area (Å²) >= 11 is 0. The highest BCUT2D eigenvalue weighted by Gasteiger charge is 2.27. The fraction of sp³-hybridized carbons (Fsp3) is 0.815. The Kier molecular flexibility index (Phi) is 44.6. The molecule has 0 amide bonds. The topological polar surface area (TPSA) is 108 Å². The van der Waals surface area contributed by atoms with Crippen LogP contribution in [0.25, 0.3) is 0 Å². The molecule has 0 aliphatic carbocycles. The SMILES string of the molecule is CCCCC/C=C\C/C=C\C/C=C\CCCCCCCCC(=O)OC(COC(=O)CCCCCCCCCCC/C=C\CCCCCCCCCC)COP(=O)(O)OCC[N+](C)(C)C. The first-order valence-corrected chi connectivity index (χ1v) is 27.9. The summed E-state index contributed by atoms with van der Waals surface area (Å²) < 4.78 is 34.5. The number of ether oxygens (including phenoxy) is 2. The van der Waals surface area contributed by atoms with Crippen molar-refractivity contribution >= 4 is 19.8 Å². The average Bonchev–Trinajstić information content (AvgIpc) is 3.25. The van der Waals surface area contributed by atoms with Crippen LogP contribution in [-0.2, 0) is 32.7 Å². The summed E-state index contributed by atoms with van der Waals surface area (Å²) in [5.41, 5.74) is 0. The Morgan fingerprint density at radius 1 is 0.484 bits per heavy atom. The average molecular weight is 923 g/mol. The molecule has 0 radical (unpaired) electrons. The minimum atomic E-state index is -4.39. The molecule has 10 heteroatoms. The van der Waals surface area contributed by atoms with E-state index in [1.807, 2.05) is 21.1 Å². The zero-order valence-corrected chi connectivity index (χ0v) is 43.2. The van der Waals surface area contributed by atoms with Crippen LogP contribution in [0.5, 0.6) is 0 Å². The first kappa shape index (κ1) is 62.0. The number of phosphoric acid groups is 1. The summed E-state index contributed by atoms with van der Waals surface area (Å²) in [6.45, 7) is 4.40. The van der Waals surface area contributed by atoms with Gasteiger partial charge in [0, 0.05) is 12.8 Å². The maximum Gasteiger partial charge on any atom is 0.472 e. The number of quaternary nitrogens is 1. The van der Waals surface area contributed by atoms with E-state index < -0.39 is 26.5 Å². The van der Waals surface area contributed by atoms with Crippen LogP contribution in [-0.4, -0.2) is 74.9 Å². The second-order valence-electron chi connectivity index (χ2n) is 18.9. The number of esters is 2. The van der Waals surface area contributed by atoms with Gasteiger partial charge in [0.25, 0.3) is 0 Å². The van der Waals surface area contributed by atoms with Gasteiger partial charge in [-0.3, -0.25) is 18.6 Å². The van der Waals surface area contributed by atoms with Crippen molar-refractivity contribution in [2.45, 2.75) is 238 Å². The number of hydrogen-bond acceptors (Lipinski definition) is 7. The molecule has 0 bridgehead atoms. The van der Waals surface area contributed by atoms with Gasteiger partial charge in [0.2, 0.25) is 0 Å². The third-order valence-electron chi connectivity index (χ3n) is 11.3. The second kappa shape index (κ2) is 46.1. The van der Waals surface area contributed by atoms with Crippen LogP contribution >= 0.6 is 7.82 Å². The van der Waals surface area contributed by atoms with Gasteiger partial charge in [-0.15, -0.1) is 0 Å². The Morgan fingerprint density at radius 3 is 1.30 bits per heavy atom. The lowest BCUT2D eigenvalue weighted by molar-refractivity contribution is -0.870. The lowest BCUT2D eigenvalue weighted by atomic mass is 10.1. The number of phosphoric ester groups is 1. The monoisotopic (exact) mass is 923 g/mol. The highest BCUT2D eigenvalue weighted by Crippen LogP contribution is 2.43. The molecule has 0 spiro atoms. The normalized spacial score (nSPS) is 13.8. The van der Waals surface area contributed by atoms with E-state index in [0.29, 0.717) is 17.4 Å². The van der Waals surface area contributed by atoms with E-state index in [-0.39, 0.29) is 32.0 Å². The summed E-state index contributed by atoms with van der Waals surface area (Å²) in [6.07, 6.45) is 55.9. The van der Waals surface area contributed by atoms with E-state index in [4.69, 9.17) is 18.5 Å². The molecule has 0 aliphatic rings. The van der Waals surface area contributed by atoms with Gasteiger partial charge < -0.3 is 18.9 Å². The Hall–Kier alpha value is -2.03. The molecule has 0 saturated carbocycles. The largest absolute Gasteiger partial charge is 0.472 e. The summed E-state index contributed by atoms with van der Waals surface area (Å²) in [5, 5.41) is 0. The van der Waals surface area contributed by atoms with E-state index >= 15 is 0 Å². The maximum atomic E-state index is 12.8. The highest BCUT2D eigenvalue weighted by atomic mass is 31.2. The van der Waals surface area contributed by atoms with Crippen molar-refractivity contribution in [1.29, 1.82) is 0 Å². The molecule has 9 nitrogen and oxygen atoms in total. The van der Waals surface area contributed by atoms with Crippen molar-refractivity contribution in [3.63, 3.8) is 0 Å². The van der Waals surface area contributed by atoms with Crippen molar-refractivity contribution in [1.82, 2.24) is 0 Å². The van der Waals surface area contributed by atoms with Gasteiger partial charge >= 0.3 is 19.8 Å². The number of likely N-dealkylation sites (N-methyl/N-ethyl adjacent to an activating group) is 1. The number of nitrogens with zero attached hydrogens (tertiary/aromatic N) is 1. The number of hydrogen-bond donors (Lipinski definition) is 1. The lowest BCUT2D eigenvalue weighted by Crippen LogP contribution is -2.37. The molecule has 0 aromatic carbocycles. The molecule has 2 unspecified atom stereocenters. The fourth-order valence-electron chi connectivity index (χ4n) is 7.19. The van der Waals surface area contributed by atoms with Gasteiger partial charge in [-0.05, 0) is 77.0 Å². The van der Waals surface area contributed by atoms with Gasteiger partial charge in [-0.1, -0.05) is 191 Å². The van der Waals surface area contributed by atoms with E-state index in [9.17, 15) is 19.0 Å². The quantitative estimate of drug-likeness (QED) is 0.0211. The van der Waals surface area contributed by atoms with Crippen LogP contribution in [0.3, 0.4) is 0 Å². The van der Waals surface area contributed by atoms with Crippen molar-refractivity contribution < 1.29 is 42.1 Å². The summed E-state index contributed by atoms with van der Waals surface area (Å²) in [7, 11) is 1.47. The number of carbonyl (C=O) groups is 2. The van der Waals surface area contributed by atoms with Crippen molar-refractivity contribution in [3.05, 3.63) is 48.6 Å².